The van der Waals surface area contributed by atoms with Gasteiger partial charge in [-0.15, -0.1) is 0 Å². The van der Waals surface area contributed by atoms with Crippen molar-refractivity contribution < 1.29 is 14.7 Å². The molecule has 0 aliphatic carbocycles. The van der Waals surface area contributed by atoms with E-state index in [1.807, 2.05) is 0 Å². The third-order valence-electron chi connectivity index (χ3n) is 2.69. The smallest absolute Gasteiger partial charge is 0.337 e. The van der Waals surface area contributed by atoms with Gasteiger partial charge in [-0.25, -0.2) is 4.79 Å². The molecule has 0 saturated carbocycles. The standard InChI is InChI=1S/C15H12ClNO3/c16-11-5-3-4-10(8-11)9-14(18)17-13-7-2-1-6-12(13)15(19)20/h1-8H,9H2,(H,17,18)(H,19,20). The summed E-state index contributed by atoms with van der Waals surface area (Å²) >= 11 is 5.85. The lowest BCUT2D eigenvalue weighted by molar-refractivity contribution is -0.115. The molecule has 0 bridgehead atoms. The van der Waals surface area contributed by atoms with E-state index in [0.29, 0.717) is 5.02 Å². The summed E-state index contributed by atoms with van der Waals surface area (Å²) in [6.45, 7) is 0. The average molecular weight is 290 g/mol. The second kappa shape index (κ2) is 6.21. The molecule has 2 rings (SSSR count). The molecule has 0 aliphatic heterocycles. The van der Waals surface area contributed by atoms with Crippen molar-refractivity contribution in [2.75, 3.05) is 5.32 Å². The van der Waals surface area contributed by atoms with Crippen molar-refractivity contribution in [1.29, 1.82) is 0 Å². The maximum absolute atomic E-state index is 11.9. The van der Waals surface area contributed by atoms with Crippen molar-refractivity contribution >= 4 is 29.2 Å². The predicted molar refractivity (Wildman–Crippen MR) is 77.2 cm³/mol. The van der Waals surface area contributed by atoms with E-state index in [-0.39, 0.29) is 23.6 Å². The molecule has 102 valence electrons. The van der Waals surface area contributed by atoms with Crippen LogP contribution in [0.3, 0.4) is 0 Å². The Balaban J connectivity index is 2.11. The number of nitrogens with one attached hydrogen (secondary N) is 1. The van der Waals surface area contributed by atoms with E-state index in [1.54, 1.807) is 42.5 Å². The molecule has 1 amide bonds. The van der Waals surface area contributed by atoms with Crippen LogP contribution in [0.25, 0.3) is 0 Å². The molecule has 5 heteroatoms. The van der Waals surface area contributed by atoms with Crippen molar-refractivity contribution in [2.45, 2.75) is 6.42 Å². The van der Waals surface area contributed by atoms with Crippen LogP contribution < -0.4 is 5.32 Å². The summed E-state index contributed by atoms with van der Waals surface area (Å²) in [7, 11) is 0. The topological polar surface area (TPSA) is 66.4 Å². The summed E-state index contributed by atoms with van der Waals surface area (Å²) < 4.78 is 0. The number of benzene rings is 2. The number of para-hydroxylation sites is 1. The number of carbonyl (C=O) groups is 2. The summed E-state index contributed by atoms with van der Waals surface area (Å²) in [4.78, 5) is 23.0. The van der Waals surface area contributed by atoms with Crippen molar-refractivity contribution in [3.63, 3.8) is 0 Å². The number of carboxylic acid groups (broad SMARTS) is 1. The van der Waals surface area contributed by atoms with Gasteiger partial charge in [-0.3, -0.25) is 4.79 Å². The second-order valence-electron chi connectivity index (χ2n) is 4.21. The Morgan fingerprint density at radius 3 is 2.55 bits per heavy atom. The highest BCUT2D eigenvalue weighted by Crippen LogP contribution is 2.16. The minimum Gasteiger partial charge on any atom is -0.478 e. The molecule has 0 fully saturated rings. The van der Waals surface area contributed by atoms with Gasteiger partial charge in [0.2, 0.25) is 5.91 Å². The highest BCUT2D eigenvalue weighted by atomic mass is 35.5. The van der Waals surface area contributed by atoms with E-state index >= 15 is 0 Å². The first-order valence-corrected chi connectivity index (χ1v) is 6.30. The normalized spacial score (nSPS) is 10.1. The van der Waals surface area contributed by atoms with E-state index < -0.39 is 5.97 Å². The van der Waals surface area contributed by atoms with E-state index in [9.17, 15) is 9.59 Å². The zero-order chi connectivity index (χ0) is 14.5. The Bertz CT molecular complexity index is 655. The summed E-state index contributed by atoms with van der Waals surface area (Å²) in [6.07, 6.45) is 0.133. The number of amides is 1. The molecule has 0 radical (unpaired) electrons. The summed E-state index contributed by atoms with van der Waals surface area (Å²) in [5, 5.41) is 12.2. The van der Waals surface area contributed by atoms with Gasteiger partial charge in [0.1, 0.15) is 0 Å². The van der Waals surface area contributed by atoms with Gasteiger partial charge in [0, 0.05) is 5.02 Å². The van der Waals surface area contributed by atoms with E-state index in [2.05, 4.69) is 5.32 Å². The fourth-order valence-electron chi connectivity index (χ4n) is 1.81. The number of carboxylic acids is 1. The second-order valence-corrected chi connectivity index (χ2v) is 4.64. The maximum Gasteiger partial charge on any atom is 0.337 e. The largest absolute Gasteiger partial charge is 0.478 e. The zero-order valence-electron chi connectivity index (χ0n) is 10.5. The van der Waals surface area contributed by atoms with Crippen LogP contribution in [0.2, 0.25) is 5.02 Å². The van der Waals surface area contributed by atoms with Crippen molar-refractivity contribution in [3.05, 3.63) is 64.7 Å². The van der Waals surface area contributed by atoms with Crippen LogP contribution in [0.1, 0.15) is 15.9 Å². The van der Waals surface area contributed by atoms with Gasteiger partial charge >= 0.3 is 5.97 Å². The molecule has 2 aromatic rings. The molecule has 0 atom stereocenters. The Morgan fingerprint density at radius 1 is 1.10 bits per heavy atom. The molecule has 0 heterocycles. The lowest BCUT2D eigenvalue weighted by Gasteiger charge is -2.08. The molecular formula is C15H12ClNO3. The summed E-state index contributed by atoms with van der Waals surface area (Å²) in [5.41, 5.74) is 1.11. The fraction of sp³-hybridized carbons (Fsp3) is 0.0667. The highest BCUT2D eigenvalue weighted by Gasteiger charge is 2.11. The molecule has 0 aromatic heterocycles. The van der Waals surface area contributed by atoms with Crippen LogP contribution in [0.5, 0.6) is 0 Å². The molecular weight excluding hydrogens is 278 g/mol. The van der Waals surface area contributed by atoms with Crippen LogP contribution >= 0.6 is 11.6 Å². The minimum atomic E-state index is -1.08. The van der Waals surface area contributed by atoms with E-state index in [4.69, 9.17) is 16.7 Å². The van der Waals surface area contributed by atoms with Gasteiger partial charge in [0.25, 0.3) is 0 Å². The van der Waals surface area contributed by atoms with Crippen LogP contribution in [0.4, 0.5) is 5.69 Å². The zero-order valence-corrected chi connectivity index (χ0v) is 11.2. The molecule has 20 heavy (non-hydrogen) atoms. The van der Waals surface area contributed by atoms with Gasteiger partial charge in [0.15, 0.2) is 0 Å². The lowest BCUT2D eigenvalue weighted by Crippen LogP contribution is -2.16. The van der Waals surface area contributed by atoms with Crippen LogP contribution in [-0.2, 0) is 11.2 Å². The first kappa shape index (κ1) is 14.1. The Hall–Kier alpha value is -2.33. The van der Waals surface area contributed by atoms with Gasteiger partial charge in [-0.2, -0.15) is 0 Å². The van der Waals surface area contributed by atoms with E-state index in [1.165, 1.54) is 6.07 Å². The molecule has 0 saturated heterocycles. The Morgan fingerprint density at radius 2 is 1.85 bits per heavy atom. The van der Waals surface area contributed by atoms with Crippen LogP contribution in [0.15, 0.2) is 48.5 Å². The maximum atomic E-state index is 11.9. The number of carbonyl (C=O) groups excluding carboxylic acids is 1. The number of hydrogen-bond acceptors (Lipinski definition) is 2. The first-order valence-electron chi connectivity index (χ1n) is 5.93. The third-order valence-corrected chi connectivity index (χ3v) is 2.92. The number of rotatable bonds is 4. The third kappa shape index (κ3) is 3.59. The molecule has 4 nitrogen and oxygen atoms in total. The number of hydrogen-bond donors (Lipinski definition) is 2. The lowest BCUT2D eigenvalue weighted by atomic mass is 10.1. The fourth-order valence-corrected chi connectivity index (χ4v) is 2.02. The van der Waals surface area contributed by atoms with Crippen molar-refractivity contribution in [2.24, 2.45) is 0 Å². The van der Waals surface area contributed by atoms with E-state index in [0.717, 1.165) is 5.56 Å². The number of anilines is 1. The Labute approximate surface area is 121 Å². The molecule has 2 aromatic carbocycles. The molecule has 0 aliphatic rings. The van der Waals surface area contributed by atoms with Crippen molar-refractivity contribution in [1.82, 2.24) is 0 Å². The van der Waals surface area contributed by atoms with Crippen LogP contribution in [-0.4, -0.2) is 17.0 Å². The Kier molecular flexibility index (Phi) is 4.38. The molecule has 0 unspecified atom stereocenters. The summed E-state index contributed by atoms with van der Waals surface area (Å²) in [6, 6.07) is 13.2. The predicted octanol–water partition coefficient (Wildman–Crippen LogP) is 3.22. The summed E-state index contributed by atoms with van der Waals surface area (Å²) in [5.74, 6) is -1.37. The van der Waals surface area contributed by atoms with Crippen molar-refractivity contribution in [3.8, 4) is 0 Å². The number of halogens is 1. The van der Waals surface area contributed by atoms with Gasteiger partial charge < -0.3 is 10.4 Å². The van der Waals surface area contributed by atoms with Gasteiger partial charge in [0.05, 0.1) is 17.7 Å². The van der Waals surface area contributed by atoms with Gasteiger partial charge in [-0.1, -0.05) is 35.9 Å². The molecule has 0 spiro atoms. The molecule has 2 N–H and O–H groups in total. The van der Waals surface area contributed by atoms with Crippen LogP contribution in [0, 0.1) is 0 Å². The monoisotopic (exact) mass is 289 g/mol. The average Bonchev–Trinajstić information content (AvgIpc) is 2.38. The number of aromatic carboxylic acids is 1. The van der Waals surface area contributed by atoms with Gasteiger partial charge in [-0.05, 0) is 29.8 Å². The SMILES string of the molecule is O=C(Cc1cccc(Cl)c1)Nc1ccccc1C(=O)O. The minimum absolute atomic E-state index is 0.0620. The highest BCUT2D eigenvalue weighted by molar-refractivity contribution is 6.30. The quantitative estimate of drug-likeness (QED) is 0.908. The first-order chi connectivity index (χ1) is 9.56.